The van der Waals surface area contributed by atoms with Crippen LogP contribution in [0.15, 0.2) is 35.4 Å². The molecule has 1 amide bonds. The molecule has 0 atom stereocenters. The van der Waals surface area contributed by atoms with Crippen LogP contribution in [0.25, 0.3) is 0 Å². The van der Waals surface area contributed by atoms with Crippen LogP contribution < -0.4 is 9.47 Å². The lowest BCUT2D eigenvalue weighted by atomic mass is 9.98. The predicted octanol–water partition coefficient (Wildman–Crippen LogP) is 3.70. The molecular formula is C22H24FNO5. The number of likely N-dealkylation sites (tertiary alicyclic amines) is 1. The first-order valence-corrected chi connectivity index (χ1v) is 9.78. The van der Waals surface area contributed by atoms with Gasteiger partial charge in [-0.2, -0.15) is 0 Å². The first-order valence-electron chi connectivity index (χ1n) is 9.78. The highest BCUT2D eigenvalue weighted by Crippen LogP contribution is 2.43. The average Bonchev–Trinajstić information content (AvgIpc) is 2.95. The van der Waals surface area contributed by atoms with E-state index in [0.717, 1.165) is 25.1 Å². The van der Waals surface area contributed by atoms with Crippen LogP contribution in [-0.4, -0.2) is 42.6 Å². The van der Waals surface area contributed by atoms with Crippen molar-refractivity contribution < 1.29 is 28.2 Å². The summed E-state index contributed by atoms with van der Waals surface area (Å²) in [4.78, 5) is 26.1. The third-order valence-electron chi connectivity index (χ3n) is 5.42. The van der Waals surface area contributed by atoms with E-state index < -0.39 is 17.4 Å². The van der Waals surface area contributed by atoms with Gasteiger partial charge in [0, 0.05) is 37.1 Å². The van der Waals surface area contributed by atoms with E-state index in [1.54, 1.807) is 17.0 Å². The molecule has 0 saturated carbocycles. The van der Waals surface area contributed by atoms with E-state index in [1.807, 2.05) is 13.8 Å². The average molecular weight is 401 g/mol. The van der Waals surface area contributed by atoms with Gasteiger partial charge in [-0.05, 0) is 44.9 Å². The molecule has 0 spiro atoms. The monoisotopic (exact) mass is 401 g/mol. The molecule has 1 saturated heterocycles. The summed E-state index contributed by atoms with van der Waals surface area (Å²) in [5.74, 6) is -0.117. The molecule has 3 aliphatic rings. The number of esters is 1. The SMILES string of the molecule is COC(=O)c1cc(OC2=C(F)C=C(C(=O)N3CCC3)CC2)c2c(c1)OC(C)(C)C2. The summed E-state index contributed by atoms with van der Waals surface area (Å²) >= 11 is 0. The highest BCUT2D eigenvalue weighted by Gasteiger charge is 2.35. The van der Waals surface area contributed by atoms with Gasteiger partial charge in [-0.3, -0.25) is 4.79 Å². The second kappa shape index (κ2) is 7.21. The van der Waals surface area contributed by atoms with E-state index in [-0.39, 0.29) is 23.7 Å². The molecule has 0 N–H and O–H groups in total. The number of carbonyl (C=O) groups is 2. The Morgan fingerprint density at radius 3 is 2.59 bits per heavy atom. The number of methoxy groups -OCH3 is 1. The van der Waals surface area contributed by atoms with Crippen molar-refractivity contribution in [3.63, 3.8) is 0 Å². The first-order chi connectivity index (χ1) is 13.8. The largest absolute Gasteiger partial charge is 0.487 e. The Balaban J connectivity index is 1.64. The fourth-order valence-electron chi connectivity index (χ4n) is 3.77. The minimum absolute atomic E-state index is 0.103. The van der Waals surface area contributed by atoms with E-state index in [2.05, 4.69) is 0 Å². The number of fused-ring (bicyclic) bond motifs is 1. The Labute approximate surface area is 168 Å². The van der Waals surface area contributed by atoms with Crippen molar-refractivity contribution in [3.05, 3.63) is 46.5 Å². The Bertz CT molecular complexity index is 943. The lowest BCUT2D eigenvalue weighted by molar-refractivity contribution is -0.130. The van der Waals surface area contributed by atoms with E-state index in [9.17, 15) is 14.0 Å². The molecule has 0 radical (unpaired) electrons. The summed E-state index contributed by atoms with van der Waals surface area (Å²) in [5, 5.41) is 0. The van der Waals surface area contributed by atoms with E-state index in [0.29, 0.717) is 29.9 Å². The summed E-state index contributed by atoms with van der Waals surface area (Å²) < 4.78 is 31.4. The zero-order chi connectivity index (χ0) is 20.8. The van der Waals surface area contributed by atoms with Crippen LogP contribution in [0, 0.1) is 0 Å². The maximum absolute atomic E-state index is 14.7. The van der Waals surface area contributed by atoms with Gasteiger partial charge in [0.15, 0.2) is 5.83 Å². The molecule has 1 aliphatic carbocycles. The van der Waals surface area contributed by atoms with Crippen molar-refractivity contribution in [1.29, 1.82) is 0 Å². The highest BCUT2D eigenvalue weighted by atomic mass is 19.1. The van der Waals surface area contributed by atoms with Crippen molar-refractivity contribution in [2.45, 2.75) is 45.1 Å². The molecule has 154 valence electrons. The Kier molecular flexibility index (Phi) is 4.84. The minimum Gasteiger partial charge on any atom is -0.487 e. The van der Waals surface area contributed by atoms with Crippen molar-refractivity contribution in [3.8, 4) is 11.5 Å². The number of ether oxygens (including phenoxy) is 3. The number of hydrogen-bond acceptors (Lipinski definition) is 5. The maximum atomic E-state index is 14.7. The smallest absolute Gasteiger partial charge is 0.338 e. The highest BCUT2D eigenvalue weighted by molar-refractivity contribution is 5.94. The van der Waals surface area contributed by atoms with E-state index in [4.69, 9.17) is 14.2 Å². The van der Waals surface area contributed by atoms with Crippen LogP contribution in [0.3, 0.4) is 0 Å². The van der Waals surface area contributed by atoms with Gasteiger partial charge in [-0.25, -0.2) is 9.18 Å². The fourth-order valence-corrected chi connectivity index (χ4v) is 3.77. The van der Waals surface area contributed by atoms with Gasteiger partial charge in [-0.15, -0.1) is 0 Å². The number of allylic oxidation sites excluding steroid dienone is 3. The summed E-state index contributed by atoms with van der Waals surface area (Å²) in [6.07, 6.45) is 3.52. The van der Waals surface area contributed by atoms with Crippen LogP contribution in [0.4, 0.5) is 4.39 Å². The van der Waals surface area contributed by atoms with Crippen molar-refractivity contribution >= 4 is 11.9 Å². The number of nitrogens with zero attached hydrogens (tertiary/aromatic N) is 1. The summed E-state index contributed by atoms with van der Waals surface area (Å²) in [7, 11) is 1.30. The third kappa shape index (κ3) is 3.73. The van der Waals surface area contributed by atoms with Gasteiger partial charge in [0.25, 0.3) is 0 Å². The third-order valence-corrected chi connectivity index (χ3v) is 5.42. The van der Waals surface area contributed by atoms with Gasteiger partial charge in [-0.1, -0.05) is 0 Å². The van der Waals surface area contributed by atoms with Crippen molar-refractivity contribution in [2.24, 2.45) is 0 Å². The number of amides is 1. The fraction of sp³-hybridized carbons (Fsp3) is 0.455. The lowest BCUT2D eigenvalue weighted by Gasteiger charge is -2.32. The number of rotatable bonds is 4. The molecule has 1 fully saturated rings. The van der Waals surface area contributed by atoms with Gasteiger partial charge in [0.2, 0.25) is 5.91 Å². The van der Waals surface area contributed by atoms with Crippen LogP contribution in [0.5, 0.6) is 11.5 Å². The van der Waals surface area contributed by atoms with E-state index >= 15 is 0 Å². The molecule has 2 aliphatic heterocycles. The molecule has 4 rings (SSSR count). The van der Waals surface area contributed by atoms with Gasteiger partial charge in [0.05, 0.1) is 12.7 Å². The van der Waals surface area contributed by atoms with Crippen LogP contribution in [0.1, 0.15) is 49.0 Å². The number of halogens is 1. The standard InChI is InChI=1S/C22H24FNO5/c1-22(2)12-15-18(10-14(21(26)27-3)11-19(15)29-22)28-17-6-5-13(9-16(17)23)20(25)24-7-4-8-24/h9-11H,4-8,12H2,1-3H3. The van der Waals surface area contributed by atoms with Crippen molar-refractivity contribution in [1.82, 2.24) is 4.90 Å². The Morgan fingerprint density at radius 2 is 1.97 bits per heavy atom. The van der Waals surface area contributed by atoms with E-state index in [1.165, 1.54) is 13.2 Å². The molecule has 0 unspecified atom stereocenters. The summed E-state index contributed by atoms with van der Waals surface area (Å²) in [5.41, 5.74) is 1.08. The molecule has 29 heavy (non-hydrogen) atoms. The van der Waals surface area contributed by atoms with Gasteiger partial charge >= 0.3 is 5.97 Å². The Morgan fingerprint density at radius 1 is 1.21 bits per heavy atom. The zero-order valence-electron chi connectivity index (χ0n) is 16.8. The minimum atomic E-state index is -0.560. The Hall–Kier alpha value is -2.83. The molecule has 1 aromatic rings. The molecular weight excluding hydrogens is 377 g/mol. The molecule has 0 aromatic heterocycles. The number of hydrogen-bond donors (Lipinski definition) is 0. The quantitative estimate of drug-likeness (QED) is 0.720. The van der Waals surface area contributed by atoms with Crippen molar-refractivity contribution in [2.75, 3.05) is 20.2 Å². The molecule has 2 heterocycles. The molecule has 0 bridgehead atoms. The van der Waals surface area contributed by atoms with Crippen LogP contribution in [-0.2, 0) is 16.0 Å². The maximum Gasteiger partial charge on any atom is 0.338 e. The second-order valence-corrected chi connectivity index (χ2v) is 8.17. The van der Waals surface area contributed by atoms with Gasteiger partial charge < -0.3 is 19.1 Å². The molecule has 6 nitrogen and oxygen atoms in total. The van der Waals surface area contributed by atoms with Gasteiger partial charge in [0.1, 0.15) is 22.9 Å². The first kappa shape index (κ1) is 19.5. The summed E-state index contributed by atoms with van der Waals surface area (Å²) in [6, 6.07) is 3.18. The normalized spacial score (nSPS) is 19.7. The van der Waals surface area contributed by atoms with Crippen LogP contribution in [0.2, 0.25) is 0 Å². The number of carbonyl (C=O) groups excluding carboxylic acids is 2. The summed E-state index contributed by atoms with van der Waals surface area (Å²) in [6.45, 7) is 5.33. The number of benzene rings is 1. The second-order valence-electron chi connectivity index (χ2n) is 8.17. The predicted molar refractivity (Wildman–Crippen MR) is 103 cm³/mol. The molecule has 1 aromatic carbocycles. The zero-order valence-corrected chi connectivity index (χ0v) is 16.8. The van der Waals surface area contributed by atoms with Crippen LogP contribution >= 0.6 is 0 Å². The topological polar surface area (TPSA) is 65.1 Å². The lowest BCUT2D eigenvalue weighted by Crippen LogP contribution is -2.43. The molecule has 7 heteroatoms.